The number of nitrogens with one attached hydrogen (secondary N) is 1. The highest BCUT2D eigenvalue weighted by atomic mass is 35.5. The molecule has 3 aromatic carbocycles. The van der Waals surface area contributed by atoms with Gasteiger partial charge in [0.05, 0.1) is 20.6 Å². The van der Waals surface area contributed by atoms with Crippen LogP contribution in [0.25, 0.3) is 0 Å². The van der Waals surface area contributed by atoms with Crippen LogP contribution in [-0.4, -0.2) is 44.3 Å². The van der Waals surface area contributed by atoms with E-state index in [1.165, 1.54) is 29.2 Å². The molecular formula is C26H26Cl3N3O4S. The predicted molar refractivity (Wildman–Crippen MR) is 148 cm³/mol. The molecule has 3 aromatic rings. The molecule has 0 aliphatic carbocycles. The number of nitrogens with zero attached hydrogens (tertiary/aromatic N) is 2. The zero-order chi connectivity index (χ0) is 27.2. The Kier molecular flexibility index (Phi) is 9.84. The van der Waals surface area contributed by atoms with Crippen LogP contribution in [0.5, 0.6) is 0 Å². The highest BCUT2D eigenvalue weighted by Gasteiger charge is 2.32. The predicted octanol–water partition coefficient (Wildman–Crippen LogP) is 5.40. The van der Waals surface area contributed by atoms with Crippen LogP contribution in [-0.2, 0) is 26.2 Å². The van der Waals surface area contributed by atoms with Gasteiger partial charge in [0, 0.05) is 18.1 Å². The number of carbonyl (C=O) groups excluding carboxylic acids is 2. The van der Waals surface area contributed by atoms with Crippen LogP contribution in [0, 0.1) is 0 Å². The van der Waals surface area contributed by atoms with Crippen LogP contribution < -0.4 is 9.62 Å². The number of anilines is 1. The molecular weight excluding hydrogens is 557 g/mol. The number of hydrogen-bond acceptors (Lipinski definition) is 4. The van der Waals surface area contributed by atoms with Crippen LogP contribution in [0.2, 0.25) is 15.1 Å². The summed E-state index contributed by atoms with van der Waals surface area (Å²) in [5.74, 6) is -0.959. The second-order valence-electron chi connectivity index (χ2n) is 8.14. The van der Waals surface area contributed by atoms with Gasteiger partial charge < -0.3 is 10.2 Å². The fraction of sp³-hybridized carbons (Fsp3) is 0.231. The van der Waals surface area contributed by atoms with Gasteiger partial charge in [-0.1, -0.05) is 59.1 Å². The van der Waals surface area contributed by atoms with Crippen molar-refractivity contribution in [1.82, 2.24) is 10.2 Å². The molecule has 1 N–H and O–H groups in total. The van der Waals surface area contributed by atoms with E-state index >= 15 is 0 Å². The van der Waals surface area contributed by atoms with Crippen molar-refractivity contribution in [3.05, 3.63) is 93.4 Å². The summed E-state index contributed by atoms with van der Waals surface area (Å²) in [6, 6.07) is 17.9. The summed E-state index contributed by atoms with van der Waals surface area (Å²) in [7, 11) is -4.13. The summed E-state index contributed by atoms with van der Waals surface area (Å²) < 4.78 is 28.3. The standard InChI is InChI=1S/C26H26Cl3N3O4S/c1-3-30-26(34)18(2)31(16-19-9-14-23(28)24(29)15-19)25(33)17-32(21-12-10-20(27)11-13-21)37(35,36)22-7-5-4-6-8-22/h4-15,18H,3,16-17H2,1-2H3,(H,30,34)/t18-/m1/s1. The Morgan fingerprint density at radius 3 is 2.16 bits per heavy atom. The molecule has 37 heavy (non-hydrogen) atoms. The normalized spacial score (nSPS) is 12.0. The quantitative estimate of drug-likeness (QED) is 0.347. The molecule has 0 unspecified atom stereocenters. The molecule has 0 spiro atoms. The van der Waals surface area contributed by atoms with Gasteiger partial charge in [-0.05, 0) is 67.9 Å². The Hall–Kier alpha value is -2.78. The number of halogens is 3. The molecule has 0 radical (unpaired) electrons. The summed E-state index contributed by atoms with van der Waals surface area (Å²) in [4.78, 5) is 27.8. The average molecular weight is 583 g/mol. The van der Waals surface area contributed by atoms with E-state index in [4.69, 9.17) is 34.8 Å². The largest absolute Gasteiger partial charge is 0.355 e. The van der Waals surface area contributed by atoms with Gasteiger partial charge in [0.15, 0.2) is 0 Å². The molecule has 0 aliphatic heterocycles. The Balaban J connectivity index is 2.02. The van der Waals surface area contributed by atoms with Crippen LogP contribution in [0.15, 0.2) is 77.7 Å². The van der Waals surface area contributed by atoms with Gasteiger partial charge in [-0.3, -0.25) is 13.9 Å². The highest BCUT2D eigenvalue weighted by molar-refractivity contribution is 7.92. The number of rotatable bonds is 10. The van der Waals surface area contributed by atoms with Crippen LogP contribution in [0.4, 0.5) is 5.69 Å². The lowest BCUT2D eigenvalue weighted by molar-refractivity contribution is -0.139. The van der Waals surface area contributed by atoms with Crippen LogP contribution in [0.3, 0.4) is 0 Å². The molecule has 196 valence electrons. The minimum absolute atomic E-state index is 0.00780. The number of likely N-dealkylation sites (N-methyl/N-ethyl adjacent to an activating group) is 1. The summed E-state index contributed by atoms with van der Waals surface area (Å²) in [5, 5.41) is 3.77. The van der Waals surface area contributed by atoms with Crippen molar-refractivity contribution in [2.45, 2.75) is 31.3 Å². The molecule has 7 nitrogen and oxygen atoms in total. The van der Waals surface area contributed by atoms with Gasteiger partial charge >= 0.3 is 0 Å². The number of sulfonamides is 1. The van der Waals surface area contributed by atoms with Crippen molar-refractivity contribution in [3.63, 3.8) is 0 Å². The second kappa shape index (κ2) is 12.6. The third kappa shape index (κ3) is 7.17. The van der Waals surface area contributed by atoms with E-state index in [0.717, 1.165) is 4.31 Å². The van der Waals surface area contributed by atoms with E-state index in [9.17, 15) is 18.0 Å². The first-order valence-corrected chi connectivity index (χ1v) is 14.0. The summed E-state index contributed by atoms with van der Waals surface area (Å²) >= 11 is 18.2. The molecule has 11 heteroatoms. The molecule has 1 atom stereocenters. The number of carbonyl (C=O) groups is 2. The Bertz CT molecular complexity index is 1350. The minimum Gasteiger partial charge on any atom is -0.355 e. The van der Waals surface area contributed by atoms with E-state index in [1.807, 2.05) is 0 Å². The smallest absolute Gasteiger partial charge is 0.264 e. The zero-order valence-electron chi connectivity index (χ0n) is 20.2. The summed E-state index contributed by atoms with van der Waals surface area (Å²) in [5.41, 5.74) is 0.879. The van der Waals surface area contributed by atoms with Gasteiger partial charge in [0.2, 0.25) is 11.8 Å². The van der Waals surface area contributed by atoms with Gasteiger partial charge in [-0.2, -0.15) is 0 Å². The number of amides is 2. The van der Waals surface area contributed by atoms with E-state index in [-0.39, 0.29) is 23.0 Å². The third-order valence-electron chi connectivity index (χ3n) is 5.58. The van der Waals surface area contributed by atoms with Crippen LogP contribution >= 0.6 is 34.8 Å². The molecule has 0 aromatic heterocycles. The lowest BCUT2D eigenvalue weighted by Crippen LogP contribution is -2.51. The van der Waals surface area contributed by atoms with Crippen molar-refractivity contribution in [2.24, 2.45) is 0 Å². The van der Waals surface area contributed by atoms with Gasteiger partial charge in [0.1, 0.15) is 12.6 Å². The maximum atomic E-state index is 13.7. The zero-order valence-corrected chi connectivity index (χ0v) is 23.3. The SMILES string of the molecule is CCNC(=O)[C@@H](C)N(Cc1ccc(Cl)c(Cl)c1)C(=O)CN(c1ccc(Cl)cc1)S(=O)(=O)c1ccccc1. The maximum Gasteiger partial charge on any atom is 0.264 e. The lowest BCUT2D eigenvalue weighted by Gasteiger charge is -2.32. The summed E-state index contributed by atoms with van der Waals surface area (Å²) in [6.07, 6.45) is 0. The van der Waals surface area contributed by atoms with E-state index in [2.05, 4.69) is 5.32 Å². The van der Waals surface area contributed by atoms with Gasteiger partial charge in [-0.15, -0.1) is 0 Å². The molecule has 0 aliphatic rings. The Morgan fingerprint density at radius 1 is 0.919 bits per heavy atom. The lowest BCUT2D eigenvalue weighted by atomic mass is 10.1. The third-order valence-corrected chi connectivity index (χ3v) is 8.36. The van der Waals surface area contributed by atoms with Crippen molar-refractivity contribution < 1.29 is 18.0 Å². The fourth-order valence-corrected chi connectivity index (χ4v) is 5.48. The molecule has 0 saturated carbocycles. The van der Waals surface area contributed by atoms with Gasteiger partial charge in [-0.25, -0.2) is 8.42 Å². The topological polar surface area (TPSA) is 86.8 Å². The Morgan fingerprint density at radius 2 is 1.57 bits per heavy atom. The first-order chi connectivity index (χ1) is 17.5. The second-order valence-corrected chi connectivity index (χ2v) is 11.3. The highest BCUT2D eigenvalue weighted by Crippen LogP contribution is 2.27. The van der Waals surface area contributed by atoms with Crippen molar-refractivity contribution in [2.75, 3.05) is 17.4 Å². The van der Waals surface area contributed by atoms with Crippen molar-refractivity contribution in [3.8, 4) is 0 Å². The molecule has 0 bridgehead atoms. The first-order valence-electron chi connectivity index (χ1n) is 11.4. The molecule has 0 heterocycles. The minimum atomic E-state index is -4.13. The fourth-order valence-electron chi connectivity index (χ4n) is 3.60. The van der Waals surface area contributed by atoms with Crippen LogP contribution in [0.1, 0.15) is 19.4 Å². The monoisotopic (exact) mass is 581 g/mol. The Labute approximate surface area is 232 Å². The average Bonchev–Trinajstić information content (AvgIpc) is 2.88. The molecule has 2 amide bonds. The van der Waals surface area contributed by atoms with Crippen molar-refractivity contribution in [1.29, 1.82) is 0 Å². The van der Waals surface area contributed by atoms with E-state index in [1.54, 1.807) is 62.4 Å². The summed E-state index contributed by atoms with van der Waals surface area (Å²) in [6.45, 7) is 3.18. The molecule has 3 rings (SSSR count). The molecule has 0 saturated heterocycles. The maximum absolute atomic E-state index is 13.7. The van der Waals surface area contributed by atoms with Crippen molar-refractivity contribution >= 4 is 62.3 Å². The first kappa shape index (κ1) is 28.8. The molecule has 0 fully saturated rings. The van der Waals surface area contributed by atoms with E-state index < -0.39 is 28.5 Å². The number of benzene rings is 3. The van der Waals surface area contributed by atoms with E-state index in [0.29, 0.717) is 27.2 Å². The van der Waals surface area contributed by atoms with Gasteiger partial charge in [0.25, 0.3) is 10.0 Å². The number of hydrogen-bond donors (Lipinski definition) is 1.